The van der Waals surface area contributed by atoms with Crippen LogP contribution in [0.1, 0.15) is 0 Å². The molecule has 2 aliphatic rings. The zero-order valence-electron chi connectivity index (χ0n) is 15.8. The summed E-state index contributed by atoms with van der Waals surface area (Å²) in [6.45, 7) is 8.57. The summed E-state index contributed by atoms with van der Waals surface area (Å²) in [6.07, 6.45) is 2.25. The molecule has 11 heteroatoms. The van der Waals surface area contributed by atoms with Gasteiger partial charge in [-0.1, -0.05) is 0 Å². The molecule has 2 aliphatic heterocycles. The molecule has 160 valence electrons. The Kier molecular flexibility index (Phi) is 6.75. The van der Waals surface area contributed by atoms with Crippen LogP contribution in [0.2, 0.25) is 0 Å². The Balaban J connectivity index is 1.92. The second-order valence-corrected chi connectivity index (χ2v) is 12.9. The number of aromatic hydroxyl groups is 1. The molecule has 0 radical (unpaired) electrons. The second kappa shape index (κ2) is 8.93. The van der Waals surface area contributed by atoms with Crippen LogP contribution in [-0.4, -0.2) is 75.7 Å². The van der Waals surface area contributed by atoms with Crippen LogP contribution in [0.5, 0.6) is 5.75 Å². The molecule has 1 N–H and O–H groups in total. The Morgan fingerprint density at radius 3 is 2.17 bits per heavy atom. The van der Waals surface area contributed by atoms with Gasteiger partial charge in [0.1, 0.15) is 0 Å². The maximum absolute atomic E-state index is 11.3. The third kappa shape index (κ3) is 4.39. The van der Waals surface area contributed by atoms with Crippen molar-refractivity contribution in [3.8, 4) is 5.75 Å². The Labute approximate surface area is 169 Å². The summed E-state index contributed by atoms with van der Waals surface area (Å²) < 4.78 is 35.7. The fourth-order valence-electron chi connectivity index (χ4n) is 3.06. The predicted octanol–water partition coefficient (Wildman–Crippen LogP) is 1.13. The van der Waals surface area contributed by atoms with Crippen LogP contribution in [0.4, 0.5) is 5.69 Å². The van der Waals surface area contributed by atoms with Crippen LogP contribution in [0.15, 0.2) is 43.5 Å². The Morgan fingerprint density at radius 1 is 1.14 bits per heavy atom. The standard InChI is InChI=1S/C18H24AsNO9/c1-3-7-24-10-15-12-26-19(28-15,27-13-16(29-19)11-25-8-4-2)14-5-6-18(21)17(9-14)20(22)23/h3-6,9,15-16,21H,1-2,7-8,10-13H2. The summed E-state index contributed by atoms with van der Waals surface area (Å²) in [6, 6.07) is 3.85. The molecule has 29 heavy (non-hydrogen) atoms. The zero-order valence-corrected chi connectivity index (χ0v) is 17.7. The minimum atomic E-state index is -5.06. The van der Waals surface area contributed by atoms with E-state index in [1.165, 1.54) is 18.2 Å². The Bertz CT molecular complexity index is 755. The van der Waals surface area contributed by atoms with E-state index < -0.39 is 42.4 Å². The molecule has 1 aromatic rings. The van der Waals surface area contributed by atoms with Gasteiger partial charge in [0.05, 0.1) is 0 Å². The topological polar surface area (TPSA) is 119 Å². The molecule has 0 bridgehead atoms. The van der Waals surface area contributed by atoms with Gasteiger partial charge in [0, 0.05) is 0 Å². The number of nitrogens with zero attached hydrogens (tertiary/aromatic N) is 1. The normalized spacial score (nSPS) is 26.0. The third-order valence-electron chi connectivity index (χ3n) is 4.28. The van der Waals surface area contributed by atoms with Crippen LogP contribution < -0.4 is 4.35 Å². The molecule has 1 spiro atoms. The van der Waals surface area contributed by atoms with Crippen LogP contribution >= 0.6 is 0 Å². The second-order valence-electron chi connectivity index (χ2n) is 6.44. The predicted molar refractivity (Wildman–Crippen MR) is 104 cm³/mol. The molecular weight excluding hydrogens is 449 g/mol. The van der Waals surface area contributed by atoms with Crippen molar-refractivity contribution < 1.29 is 34.4 Å². The maximum atomic E-state index is 11.3. The van der Waals surface area contributed by atoms with Crippen molar-refractivity contribution >= 4 is 23.9 Å². The van der Waals surface area contributed by atoms with Crippen molar-refractivity contribution in [2.24, 2.45) is 0 Å². The molecule has 2 atom stereocenters. The number of hydrogen-bond acceptors (Lipinski definition) is 9. The molecule has 2 heterocycles. The van der Waals surface area contributed by atoms with E-state index >= 15 is 0 Å². The molecule has 0 saturated carbocycles. The first-order valence-electron chi connectivity index (χ1n) is 8.97. The molecular formula is C18H24AsNO9. The van der Waals surface area contributed by atoms with Crippen molar-refractivity contribution in [3.63, 3.8) is 0 Å². The van der Waals surface area contributed by atoms with Gasteiger partial charge in [0.2, 0.25) is 0 Å². The van der Waals surface area contributed by atoms with Crippen LogP contribution in [-0.2, 0) is 24.4 Å². The van der Waals surface area contributed by atoms with Gasteiger partial charge in [0.25, 0.3) is 0 Å². The van der Waals surface area contributed by atoms with Gasteiger partial charge in [0.15, 0.2) is 0 Å². The van der Waals surface area contributed by atoms with E-state index in [1.807, 2.05) is 0 Å². The quantitative estimate of drug-likeness (QED) is 0.175. The summed E-state index contributed by atoms with van der Waals surface area (Å²) in [4.78, 5) is 10.6. The summed E-state index contributed by atoms with van der Waals surface area (Å²) in [5.41, 5.74) is -0.489. The van der Waals surface area contributed by atoms with Gasteiger partial charge in [-0.2, -0.15) is 0 Å². The first-order valence-corrected chi connectivity index (χ1v) is 13.0. The van der Waals surface area contributed by atoms with E-state index in [0.29, 0.717) is 13.2 Å². The van der Waals surface area contributed by atoms with E-state index in [9.17, 15) is 15.2 Å². The number of phenols is 1. The Morgan fingerprint density at radius 2 is 1.69 bits per heavy atom. The van der Waals surface area contributed by atoms with Gasteiger partial charge < -0.3 is 0 Å². The van der Waals surface area contributed by atoms with Gasteiger partial charge in [-0.3, -0.25) is 0 Å². The molecule has 10 nitrogen and oxygen atoms in total. The summed E-state index contributed by atoms with van der Waals surface area (Å²) in [5, 5.41) is 21.1. The summed E-state index contributed by atoms with van der Waals surface area (Å²) in [7, 11) is 0. The number of hydrogen-bond donors (Lipinski definition) is 1. The molecule has 2 unspecified atom stereocenters. The molecule has 0 aliphatic carbocycles. The molecule has 2 fully saturated rings. The fourth-order valence-corrected chi connectivity index (χ4v) is 10.8. The number of benzene rings is 1. The number of phenolic OH excluding ortho intramolecular Hbond substituents is 1. The molecule has 2 saturated heterocycles. The van der Waals surface area contributed by atoms with E-state index in [4.69, 9.17) is 24.4 Å². The van der Waals surface area contributed by atoms with Crippen LogP contribution in [0, 0.1) is 10.1 Å². The summed E-state index contributed by atoms with van der Waals surface area (Å²) >= 11 is -5.06. The summed E-state index contributed by atoms with van der Waals surface area (Å²) in [5.74, 6) is -0.473. The molecule has 0 amide bonds. The van der Waals surface area contributed by atoms with Gasteiger partial charge in [-0.05, 0) is 0 Å². The van der Waals surface area contributed by atoms with E-state index in [-0.39, 0.29) is 30.8 Å². The van der Waals surface area contributed by atoms with Crippen LogP contribution in [0.25, 0.3) is 0 Å². The fraction of sp³-hybridized carbons (Fsp3) is 0.444. The molecule has 3 rings (SSSR count). The molecule has 0 aromatic heterocycles. The monoisotopic (exact) mass is 473 g/mol. The SMILES string of the molecule is C=CCOCC1CO[As]2(c3ccc(O)c([N+](=O)[O-])c3)(OCC(COCC=C)O2)O1. The molecule has 1 aromatic carbocycles. The van der Waals surface area contributed by atoms with E-state index in [1.54, 1.807) is 12.2 Å². The van der Waals surface area contributed by atoms with Crippen molar-refractivity contribution in [1.29, 1.82) is 0 Å². The van der Waals surface area contributed by atoms with Crippen LogP contribution in [0.3, 0.4) is 0 Å². The minimum absolute atomic E-state index is 0.137. The third-order valence-corrected chi connectivity index (χ3v) is 11.9. The van der Waals surface area contributed by atoms with E-state index in [0.717, 1.165) is 0 Å². The Hall–Kier alpha value is -1.78. The number of nitro benzene ring substituents is 1. The first kappa shape index (κ1) is 21.9. The first-order chi connectivity index (χ1) is 13.9. The van der Waals surface area contributed by atoms with Crippen molar-refractivity contribution in [2.45, 2.75) is 12.2 Å². The van der Waals surface area contributed by atoms with Gasteiger partial charge in [-0.25, -0.2) is 0 Å². The van der Waals surface area contributed by atoms with Crippen molar-refractivity contribution in [3.05, 3.63) is 53.6 Å². The van der Waals surface area contributed by atoms with E-state index in [2.05, 4.69) is 13.2 Å². The van der Waals surface area contributed by atoms with Crippen molar-refractivity contribution in [1.82, 2.24) is 0 Å². The zero-order chi connectivity index (χ0) is 20.9. The number of nitro groups is 1. The van der Waals surface area contributed by atoms with Crippen molar-refractivity contribution in [2.75, 3.05) is 39.6 Å². The number of rotatable bonds is 10. The average Bonchev–Trinajstić information content (AvgIpc) is 3.26. The van der Waals surface area contributed by atoms with Gasteiger partial charge >= 0.3 is 169 Å². The number of ether oxygens (including phenoxy) is 2. The van der Waals surface area contributed by atoms with Gasteiger partial charge in [-0.15, -0.1) is 0 Å². The average molecular weight is 473 g/mol.